The molecule has 0 amide bonds. The number of thioether (sulfide) groups is 1. The van der Waals surface area contributed by atoms with Crippen LogP contribution >= 0.6 is 11.8 Å². The Morgan fingerprint density at radius 2 is 2.14 bits per heavy atom. The maximum atomic E-state index is 8.99. The summed E-state index contributed by atoms with van der Waals surface area (Å²) in [6.07, 6.45) is 0. The van der Waals surface area contributed by atoms with E-state index in [1.165, 1.54) is 5.56 Å². The van der Waals surface area contributed by atoms with Crippen LogP contribution < -0.4 is 0 Å². The Morgan fingerprint density at radius 3 is 3.00 bits per heavy atom. The molecular formula is C14H15N5OS. The summed E-state index contributed by atoms with van der Waals surface area (Å²) in [6, 6.07) is 10.2. The van der Waals surface area contributed by atoms with E-state index >= 15 is 0 Å². The number of aryl methyl sites for hydroxylation is 1. The number of hydrogen-bond donors (Lipinski definition) is 1. The number of aliphatic hydroxyl groups excluding tert-OH is 1. The van der Waals surface area contributed by atoms with Gasteiger partial charge in [0.1, 0.15) is 0 Å². The topological polar surface area (TPSA) is 76.7 Å². The van der Waals surface area contributed by atoms with Gasteiger partial charge in [-0.05, 0) is 35.0 Å². The highest BCUT2D eigenvalue weighted by Gasteiger charge is 2.09. The van der Waals surface area contributed by atoms with Gasteiger partial charge in [-0.3, -0.25) is 4.98 Å². The number of fused-ring (bicyclic) bond motifs is 1. The van der Waals surface area contributed by atoms with Crippen molar-refractivity contribution in [3.63, 3.8) is 0 Å². The number of aromatic nitrogens is 5. The highest BCUT2D eigenvalue weighted by Crippen LogP contribution is 2.25. The van der Waals surface area contributed by atoms with E-state index in [2.05, 4.69) is 32.6 Å². The number of aliphatic hydroxyl groups is 1. The summed E-state index contributed by atoms with van der Waals surface area (Å²) in [5.74, 6) is 0.760. The summed E-state index contributed by atoms with van der Waals surface area (Å²) in [7, 11) is 0. The fraction of sp³-hybridized carbons (Fsp3) is 0.286. The SMILES string of the molecule is Cc1cc(CSc2nnnn2CCO)c2ccccc2n1. The number of tetrazole rings is 1. The van der Waals surface area contributed by atoms with Crippen molar-refractivity contribution in [1.82, 2.24) is 25.2 Å². The van der Waals surface area contributed by atoms with Crippen molar-refractivity contribution in [2.24, 2.45) is 0 Å². The first kappa shape index (κ1) is 14.0. The maximum Gasteiger partial charge on any atom is 0.209 e. The average molecular weight is 301 g/mol. The van der Waals surface area contributed by atoms with Gasteiger partial charge in [-0.2, -0.15) is 0 Å². The molecule has 0 atom stereocenters. The molecule has 0 bridgehead atoms. The normalized spacial score (nSPS) is 11.1. The van der Waals surface area contributed by atoms with Gasteiger partial charge in [0, 0.05) is 16.8 Å². The Balaban J connectivity index is 1.86. The van der Waals surface area contributed by atoms with E-state index in [9.17, 15) is 0 Å². The number of rotatable bonds is 5. The van der Waals surface area contributed by atoms with E-state index in [0.29, 0.717) is 11.7 Å². The minimum absolute atomic E-state index is 0.0237. The molecule has 3 rings (SSSR count). The molecule has 21 heavy (non-hydrogen) atoms. The smallest absolute Gasteiger partial charge is 0.209 e. The lowest BCUT2D eigenvalue weighted by molar-refractivity contribution is 0.262. The van der Waals surface area contributed by atoms with Gasteiger partial charge in [0.05, 0.1) is 18.7 Å². The molecule has 7 heteroatoms. The molecule has 0 radical (unpaired) electrons. The predicted octanol–water partition coefficient (Wildman–Crippen LogP) is 1.81. The van der Waals surface area contributed by atoms with Crippen LogP contribution in [0.1, 0.15) is 11.3 Å². The van der Waals surface area contributed by atoms with E-state index < -0.39 is 0 Å². The van der Waals surface area contributed by atoms with Crippen LogP contribution in [0.25, 0.3) is 10.9 Å². The van der Waals surface area contributed by atoms with Gasteiger partial charge in [-0.25, -0.2) is 4.68 Å². The highest BCUT2D eigenvalue weighted by molar-refractivity contribution is 7.98. The van der Waals surface area contributed by atoms with Crippen molar-refractivity contribution in [3.05, 3.63) is 41.6 Å². The molecule has 0 aliphatic rings. The number of benzene rings is 1. The fourth-order valence-electron chi connectivity index (χ4n) is 2.19. The monoisotopic (exact) mass is 301 g/mol. The molecule has 0 saturated heterocycles. The first-order valence-electron chi connectivity index (χ1n) is 6.63. The minimum atomic E-state index is 0.0237. The lowest BCUT2D eigenvalue weighted by Crippen LogP contribution is -2.05. The molecule has 0 aliphatic carbocycles. The van der Waals surface area contributed by atoms with Gasteiger partial charge in [0.15, 0.2) is 0 Å². The molecule has 2 aromatic heterocycles. The van der Waals surface area contributed by atoms with Crippen molar-refractivity contribution >= 4 is 22.7 Å². The average Bonchev–Trinajstić information content (AvgIpc) is 2.92. The van der Waals surface area contributed by atoms with E-state index in [4.69, 9.17) is 5.11 Å². The van der Waals surface area contributed by atoms with Crippen LogP contribution in [0.3, 0.4) is 0 Å². The highest BCUT2D eigenvalue weighted by atomic mass is 32.2. The molecule has 0 unspecified atom stereocenters. The number of pyridine rings is 1. The largest absolute Gasteiger partial charge is 0.394 e. The fourth-order valence-corrected chi connectivity index (χ4v) is 3.09. The van der Waals surface area contributed by atoms with Crippen LogP contribution in [0, 0.1) is 6.92 Å². The summed E-state index contributed by atoms with van der Waals surface area (Å²) in [4.78, 5) is 4.54. The first-order valence-corrected chi connectivity index (χ1v) is 7.61. The first-order chi connectivity index (χ1) is 10.3. The van der Waals surface area contributed by atoms with Crippen LogP contribution in [0.15, 0.2) is 35.5 Å². The Hall–Kier alpha value is -1.99. The Morgan fingerprint density at radius 1 is 1.29 bits per heavy atom. The van der Waals surface area contributed by atoms with Gasteiger partial charge in [-0.1, -0.05) is 30.0 Å². The number of nitrogens with zero attached hydrogens (tertiary/aromatic N) is 5. The van der Waals surface area contributed by atoms with E-state index in [1.807, 2.05) is 25.1 Å². The zero-order valence-corrected chi connectivity index (χ0v) is 12.4. The Bertz CT molecular complexity index is 758. The van der Waals surface area contributed by atoms with Crippen molar-refractivity contribution in [1.29, 1.82) is 0 Å². The molecule has 1 aromatic carbocycles. The second-order valence-electron chi connectivity index (χ2n) is 4.64. The van der Waals surface area contributed by atoms with Crippen LogP contribution in [-0.4, -0.2) is 36.9 Å². The molecule has 0 fully saturated rings. The molecule has 1 N–H and O–H groups in total. The van der Waals surface area contributed by atoms with Gasteiger partial charge >= 0.3 is 0 Å². The molecule has 108 valence electrons. The summed E-state index contributed by atoms with van der Waals surface area (Å²) in [6.45, 7) is 2.43. The lowest BCUT2D eigenvalue weighted by Gasteiger charge is -2.07. The quantitative estimate of drug-likeness (QED) is 0.724. The second-order valence-corrected chi connectivity index (χ2v) is 5.58. The zero-order valence-electron chi connectivity index (χ0n) is 11.6. The molecular weight excluding hydrogens is 286 g/mol. The van der Waals surface area contributed by atoms with E-state index in [1.54, 1.807) is 16.4 Å². The van der Waals surface area contributed by atoms with Crippen LogP contribution in [0.2, 0.25) is 0 Å². The molecule has 2 heterocycles. The second kappa shape index (κ2) is 6.19. The van der Waals surface area contributed by atoms with Crippen molar-refractivity contribution in [3.8, 4) is 0 Å². The number of para-hydroxylation sites is 1. The van der Waals surface area contributed by atoms with Gasteiger partial charge < -0.3 is 5.11 Å². The molecule has 6 nitrogen and oxygen atoms in total. The molecule has 0 saturated carbocycles. The molecule has 0 aliphatic heterocycles. The van der Waals surface area contributed by atoms with Crippen molar-refractivity contribution in [2.75, 3.05) is 6.61 Å². The van der Waals surface area contributed by atoms with E-state index in [0.717, 1.165) is 22.3 Å². The Labute approximate surface area is 126 Å². The maximum absolute atomic E-state index is 8.99. The van der Waals surface area contributed by atoms with Gasteiger partial charge in [-0.15, -0.1) is 5.10 Å². The predicted molar refractivity (Wildman–Crippen MR) is 80.9 cm³/mol. The summed E-state index contributed by atoms with van der Waals surface area (Å²) in [5.41, 5.74) is 3.21. The lowest BCUT2D eigenvalue weighted by atomic mass is 10.1. The van der Waals surface area contributed by atoms with Crippen LogP contribution in [-0.2, 0) is 12.3 Å². The standard InChI is InChI=1S/C14H15N5OS/c1-10-8-11(12-4-2-3-5-13(12)15-10)9-21-14-16-17-18-19(14)6-7-20/h2-5,8,20H,6-7,9H2,1H3. The zero-order chi connectivity index (χ0) is 14.7. The van der Waals surface area contributed by atoms with E-state index in [-0.39, 0.29) is 6.61 Å². The third-order valence-corrected chi connectivity index (χ3v) is 4.10. The molecule has 3 aromatic rings. The third-order valence-electron chi connectivity index (χ3n) is 3.10. The third kappa shape index (κ3) is 3.03. The van der Waals surface area contributed by atoms with Crippen LogP contribution in [0.4, 0.5) is 0 Å². The van der Waals surface area contributed by atoms with Crippen molar-refractivity contribution in [2.45, 2.75) is 24.4 Å². The van der Waals surface area contributed by atoms with Gasteiger partial charge in [0.2, 0.25) is 5.16 Å². The summed E-state index contributed by atoms with van der Waals surface area (Å²) in [5, 5.41) is 22.4. The molecule has 0 spiro atoms. The van der Waals surface area contributed by atoms with Gasteiger partial charge in [0.25, 0.3) is 0 Å². The van der Waals surface area contributed by atoms with Crippen molar-refractivity contribution < 1.29 is 5.11 Å². The number of hydrogen-bond acceptors (Lipinski definition) is 6. The Kier molecular flexibility index (Phi) is 4.12. The summed E-state index contributed by atoms with van der Waals surface area (Å²) < 4.78 is 1.61. The minimum Gasteiger partial charge on any atom is -0.394 e. The summed E-state index contributed by atoms with van der Waals surface area (Å²) >= 11 is 1.56. The van der Waals surface area contributed by atoms with Crippen LogP contribution in [0.5, 0.6) is 0 Å².